The van der Waals surface area contributed by atoms with Gasteiger partial charge in [-0.05, 0) is 39.4 Å². The number of ether oxygens (including phenoxy) is 2. The molecule has 0 radical (unpaired) electrons. The van der Waals surface area contributed by atoms with Crippen molar-refractivity contribution in [3.05, 3.63) is 24.3 Å². The van der Waals surface area contributed by atoms with Gasteiger partial charge in [0, 0.05) is 18.7 Å². The Morgan fingerprint density at radius 3 is 2.32 bits per heavy atom. The van der Waals surface area contributed by atoms with Crippen LogP contribution >= 0.6 is 0 Å². The van der Waals surface area contributed by atoms with Crippen molar-refractivity contribution in [1.82, 2.24) is 4.90 Å². The third-order valence-electron chi connectivity index (χ3n) is 3.17. The summed E-state index contributed by atoms with van der Waals surface area (Å²) in [5, 5.41) is 0. The number of likely N-dealkylation sites (N-methyl/N-ethyl adjacent to an activating group) is 1. The van der Waals surface area contributed by atoms with E-state index in [0.717, 1.165) is 37.5 Å². The highest BCUT2D eigenvalue weighted by Gasteiger charge is 2.03. The molecule has 0 unspecified atom stereocenters. The van der Waals surface area contributed by atoms with Gasteiger partial charge < -0.3 is 14.4 Å². The van der Waals surface area contributed by atoms with E-state index in [-0.39, 0.29) is 0 Å². The molecular weight excluding hydrogens is 238 g/mol. The summed E-state index contributed by atoms with van der Waals surface area (Å²) < 4.78 is 11.4. The molecule has 1 aromatic carbocycles. The molecule has 1 aromatic rings. The van der Waals surface area contributed by atoms with Crippen molar-refractivity contribution in [3.63, 3.8) is 0 Å². The van der Waals surface area contributed by atoms with Crippen LogP contribution in [0.2, 0.25) is 0 Å². The van der Waals surface area contributed by atoms with Crippen molar-refractivity contribution in [2.45, 2.75) is 39.7 Å². The summed E-state index contributed by atoms with van der Waals surface area (Å²) >= 11 is 0. The van der Waals surface area contributed by atoms with E-state index in [4.69, 9.17) is 9.47 Å². The second kappa shape index (κ2) is 8.81. The zero-order chi connectivity index (χ0) is 14.1. The lowest BCUT2D eigenvalue weighted by atomic mass is 10.3. The second-order valence-corrected chi connectivity index (χ2v) is 5.10. The first-order chi connectivity index (χ1) is 9.13. The summed E-state index contributed by atoms with van der Waals surface area (Å²) in [5.74, 6) is 1.77. The van der Waals surface area contributed by atoms with Gasteiger partial charge in [-0.2, -0.15) is 0 Å². The summed E-state index contributed by atoms with van der Waals surface area (Å²) in [4.78, 5) is 2.27. The minimum Gasteiger partial charge on any atom is -0.493 e. The van der Waals surface area contributed by atoms with Crippen molar-refractivity contribution >= 4 is 0 Å². The van der Waals surface area contributed by atoms with Crippen LogP contribution in [0.15, 0.2) is 24.3 Å². The summed E-state index contributed by atoms with van der Waals surface area (Å²) in [6, 6.07) is 8.44. The molecule has 0 heterocycles. The molecule has 0 amide bonds. The van der Waals surface area contributed by atoms with E-state index in [2.05, 4.69) is 32.7 Å². The largest absolute Gasteiger partial charge is 0.493 e. The molecule has 0 aliphatic rings. The van der Waals surface area contributed by atoms with Crippen LogP contribution in [-0.2, 0) is 0 Å². The van der Waals surface area contributed by atoms with Crippen molar-refractivity contribution in [2.75, 3.05) is 26.8 Å². The Labute approximate surface area is 117 Å². The molecule has 0 bridgehead atoms. The van der Waals surface area contributed by atoms with E-state index >= 15 is 0 Å². The molecule has 3 nitrogen and oxygen atoms in total. The third kappa shape index (κ3) is 6.48. The topological polar surface area (TPSA) is 21.7 Å². The Kier molecular flexibility index (Phi) is 7.34. The van der Waals surface area contributed by atoms with Crippen LogP contribution < -0.4 is 9.47 Å². The first-order valence-electron chi connectivity index (χ1n) is 7.19. The maximum atomic E-state index is 5.75. The fourth-order valence-electron chi connectivity index (χ4n) is 1.55. The van der Waals surface area contributed by atoms with E-state index < -0.39 is 0 Å². The molecule has 0 aliphatic carbocycles. The Hall–Kier alpha value is -1.22. The van der Waals surface area contributed by atoms with Gasteiger partial charge in [0.15, 0.2) is 0 Å². The highest BCUT2D eigenvalue weighted by atomic mass is 16.5. The second-order valence-electron chi connectivity index (χ2n) is 5.10. The van der Waals surface area contributed by atoms with Crippen molar-refractivity contribution in [1.29, 1.82) is 0 Å². The minimum atomic E-state index is 0.548. The standard InChI is InChI=1S/C16H27NO2/c1-5-6-11-18-15-8-7-9-16(13-15)19-12-10-17(4)14(2)3/h7-9,13-14H,5-6,10-12H2,1-4H3. The molecule has 0 aromatic heterocycles. The van der Waals surface area contributed by atoms with Gasteiger partial charge in [0.25, 0.3) is 0 Å². The normalized spacial score (nSPS) is 11.1. The van der Waals surface area contributed by atoms with Crippen LogP contribution in [0, 0.1) is 0 Å². The SMILES string of the molecule is CCCCOc1cccc(OCCN(C)C(C)C)c1. The Balaban J connectivity index is 2.35. The van der Waals surface area contributed by atoms with Gasteiger partial charge in [0.2, 0.25) is 0 Å². The van der Waals surface area contributed by atoms with E-state index in [9.17, 15) is 0 Å². The predicted octanol–water partition coefficient (Wildman–Crippen LogP) is 3.58. The number of benzene rings is 1. The molecule has 3 heteroatoms. The van der Waals surface area contributed by atoms with Crippen molar-refractivity contribution < 1.29 is 9.47 Å². The molecule has 0 aliphatic heterocycles. The van der Waals surface area contributed by atoms with Gasteiger partial charge >= 0.3 is 0 Å². The maximum Gasteiger partial charge on any atom is 0.123 e. The average Bonchev–Trinajstić information content (AvgIpc) is 2.39. The van der Waals surface area contributed by atoms with Gasteiger partial charge in [-0.3, -0.25) is 0 Å². The molecule has 0 spiro atoms. The van der Waals surface area contributed by atoms with E-state index in [1.165, 1.54) is 0 Å². The summed E-state index contributed by atoms with van der Waals surface area (Å²) in [5.41, 5.74) is 0. The van der Waals surface area contributed by atoms with E-state index in [1.807, 2.05) is 24.3 Å². The predicted molar refractivity (Wildman–Crippen MR) is 80.1 cm³/mol. The van der Waals surface area contributed by atoms with Crippen molar-refractivity contribution in [3.8, 4) is 11.5 Å². The molecule has 108 valence electrons. The van der Waals surface area contributed by atoms with E-state index in [0.29, 0.717) is 12.6 Å². The molecule has 0 saturated carbocycles. The highest BCUT2D eigenvalue weighted by Crippen LogP contribution is 2.19. The fourth-order valence-corrected chi connectivity index (χ4v) is 1.55. The Morgan fingerprint density at radius 1 is 1.11 bits per heavy atom. The maximum absolute atomic E-state index is 5.75. The number of rotatable bonds is 9. The molecular formula is C16H27NO2. The third-order valence-corrected chi connectivity index (χ3v) is 3.17. The van der Waals surface area contributed by atoms with Gasteiger partial charge in [-0.1, -0.05) is 19.4 Å². The number of nitrogens with zero attached hydrogens (tertiary/aromatic N) is 1. The highest BCUT2D eigenvalue weighted by molar-refractivity contribution is 5.32. The first kappa shape index (κ1) is 15.8. The summed E-state index contributed by atoms with van der Waals surface area (Å²) in [6.45, 7) is 8.93. The molecule has 0 saturated heterocycles. The zero-order valence-corrected chi connectivity index (χ0v) is 12.7. The number of hydrogen-bond acceptors (Lipinski definition) is 3. The van der Waals surface area contributed by atoms with Crippen LogP contribution in [0.1, 0.15) is 33.6 Å². The molecule has 19 heavy (non-hydrogen) atoms. The smallest absolute Gasteiger partial charge is 0.123 e. The molecule has 0 fully saturated rings. The van der Waals surface area contributed by atoms with Crippen LogP contribution in [0.25, 0.3) is 0 Å². The number of hydrogen-bond donors (Lipinski definition) is 0. The van der Waals surface area contributed by atoms with E-state index in [1.54, 1.807) is 0 Å². The lowest BCUT2D eigenvalue weighted by Crippen LogP contribution is -2.30. The molecule has 0 atom stereocenters. The van der Waals surface area contributed by atoms with Crippen molar-refractivity contribution in [2.24, 2.45) is 0 Å². The first-order valence-corrected chi connectivity index (χ1v) is 7.19. The quantitative estimate of drug-likeness (QED) is 0.637. The lowest BCUT2D eigenvalue weighted by molar-refractivity contribution is 0.207. The van der Waals surface area contributed by atoms with Gasteiger partial charge in [-0.15, -0.1) is 0 Å². The van der Waals surface area contributed by atoms with Crippen LogP contribution in [0.3, 0.4) is 0 Å². The average molecular weight is 265 g/mol. The Morgan fingerprint density at radius 2 is 1.74 bits per heavy atom. The van der Waals surface area contributed by atoms with Gasteiger partial charge in [-0.25, -0.2) is 0 Å². The lowest BCUT2D eigenvalue weighted by Gasteiger charge is -2.20. The minimum absolute atomic E-state index is 0.548. The fraction of sp³-hybridized carbons (Fsp3) is 0.625. The van der Waals surface area contributed by atoms with Gasteiger partial charge in [0.1, 0.15) is 18.1 Å². The zero-order valence-electron chi connectivity index (χ0n) is 12.7. The van der Waals surface area contributed by atoms with Crippen LogP contribution in [0.5, 0.6) is 11.5 Å². The summed E-state index contributed by atoms with van der Waals surface area (Å²) in [6.07, 6.45) is 2.24. The summed E-state index contributed by atoms with van der Waals surface area (Å²) in [7, 11) is 2.11. The Bertz CT molecular complexity index is 352. The van der Waals surface area contributed by atoms with Crippen LogP contribution in [-0.4, -0.2) is 37.7 Å². The van der Waals surface area contributed by atoms with Crippen LogP contribution in [0.4, 0.5) is 0 Å². The molecule has 0 N–H and O–H groups in total. The monoisotopic (exact) mass is 265 g/mol. The number of unbranched alkanes of at least 4 members (excludes halogenated alkanes) is 1. The molecule has 1 rings (SSSR count). The van der Waals surface area contributed by atoms with Gasteiger partial charge in [0.05, 0.1) is 6.61 Å².